The molecule has 2 heterocycles. The Labute approximate surface area is 176 Å². The van der Waals surface area contributed by atoms with Crippen molar-refractivity contribution in [3.8, 4) is 11.3 Å². The standard InChI is InChI=1S/C22H20N4O3S/c1-3-25-16-11-7-8-12-17(16)26(22(25)29)13-18(28)23-21-24-19(20(30-21)14(2)27)15-9-5-4-6-10-15/h4-12H,3,13H2,1-2H3,(H,23,24,28). The van der Waals surface area contributed by atoms with Crippen LogP contribution in [0, 0.1) is 0 Å². The molecule has 4 rings (SSSR count). The van der Waals surface area contributed by atoms with Gasteiger partial charge in [0.2, 0.25) is 5.91 Å². The fourth-order valence-corrected chi connectivity index (χ4v) is 4.34. The number of imidazole rings is 1. The van der Waals surface area contributed by atoms with E-state index in [1.165, 1.54) is 11.5 Å². The summed E-state index contributed by atoms with van der Waals surface area (Å²) in [7, 11) is 0. The number of rotatable bonds is 6. The summed E-state index contributed by atoms with van der Waals surface area (Å²) in [6, 6.07) is 16.7. The molecule has 0 saturated heterocycles. The molecule has 152 valence electrons. The number of aromatic nitrogens is 3. The number of hydrogen-bond donors (Lipinski definition) is 1. The average molecular weight is 420 g/mol. The van der Waals surface area contributed by atoms with Gasteiger partial charge in [0, 0.05) is 19.0 Å². The van der Waals surface area contributed by atoms with E-state index in [9.17, 15) is 14.4 Å². The molecule has 0 aliphatic rings. The fourth-order valence-electron chi connectivity index (χ4n) is 3.44. The third-order valence-corrected chi connectivity index (χ3v) is 5.86. The number of hydrogen-bond acceptors (Lipinski definition) is 5. The van der Waals surface area contributed by atoms with Gasteiger partial charge in [-0.25, -0.2) is 9.78 Å². The molecule has 0 fully saturated rings. The van der Waals surface area contributed by atoms with Gasteiger partial charge in [0.15, 0.2) is 10.9 Å². The van der Waals surface area contributed by atoms with E-state index < -0.39 is 0 Å². The number of nitrogens with zero attached hydrogens (tertiary/aromatic N) is 3. The highest BCUT2D eigenvalue weighted by Crippen LogP contribution is 2.31. The summed E-state index contributed by atoms with van der Waals surface area (Å²) in [5.74, 6) is -0.492. The van der Waals surface area contributed by atoms with Crippen LogP contribution in [0.3, 0.4) is 0 Å². The van der Waals surface area contributed by atoms with E-state index in [0.29, 0.717) is 27.8 Å². The Morgan fingerprint density at radius 1 is 1.00 bits per heavy atom. The minimum atomic E-state index is -0.375. The number of fused-ring (bicyclic) bond motifs is 1. The maximum Gasteiger partial charge on any atom is 0.329 e. The van der Waals surface area contributed by atoms with Crippen molar-refractivity contribution < 1.29 is 9.59 Å². The molecule has 0 spiro atoms. The SMILES string of the molecule is CCn1c(=O)n(CC(=O)Nc2nc(-c3ccccc3)c(C(C)=O)s2)c2ccccc21. The predicted octanol–water partition coefficient (Wildman–Crippen LogP) is 3.79. The van der Waals surface area contributed by atoms with Gasteiger partial charge in [0.1, 0.15) is 6.54 Å². The summed E-state index contributed by atoms with van der Waals surface area (Å²) >= 11 is 1.13. The zero-order valence-electron chi connectivity index (χ0n) is 16.6. The van der Waals surface area contributed by atoms with Crippen LogP contribution in [-0.4, -0.2) is 25.8 Å². The molecule has 30 heavy (non-hydrogen) atoms. The highest BCUT2D eigenvalue weighted by molar-refractivity contribution is 7.18. The van der Waals surface area contributed by atoms with Crippen LogP contribution in [0.25, 0.3) is 22.3 Å². The molecule has 4 aromatic rings. The highest BCUT2D eigenvalue weighted by Gasteiger charge is 2.19. The van der Waals surface area contributed by atoms with Gasteiger partial charge in [0.25, 0.3) is 0 Å². The van der Waals surface area contributed by atoms with Crippen LogP contribution < -0.4 is 11.0 Å². The number of carbonyl (C=O) groups is 2. The summed E-state index contributed by atoms with van der Waals surface area (Å²) in [6.07, 6.45) is 0. The zero-order chi connectivity index (χ0) is 21.3. The molecule has 2 aromatic carbocycles. The first kappa shape index (κ1) is 19.8. The van der Waals surface area contributed by atoms with Gasteiger partial charge in [-0.2, -0.15) is 0 Å². The molecule has 1 N–H and O–H groups in total. The maximum absolute atomic E-state index is 12.7. The molecule has 0 atom stereocenters. The lowest BCUT2D eigenvalue weighted by atomic mass is 10.1. The Kier molecular flexibility index (Phi) is 5.33. The number of anilines is 1. The lowest BCUT2D eigenvalue weighted by Gasteiger charge is -2.03. The minimum Gasteiger partial charge on any atom is -0.300 e. The molecule has 8 heteroatoms. The second kappa shape index (κ2) is 8.08. The first-order valence-corrected chi connectivity index (χ1v) is 10.4. The number of amides is 1. The smallest absolute Gasteiger partial charge is 0.300 e. The maximum atomic E-state index is 12.7. The molecule has 1 amide bonds. The second-order valence-electron chi connectivity index (χ2n) is 6.77. The summed E-state index contributed by atoms with van der Waals surface area (Å²) < 4.78 is 3.08. The summed E-state index contributed by atoms with van der Waals surface area (Å²) in [4.78, 5) is 42.4. The largest absolute Gasteiger partial charge is 0.329 e. The van der Waals surface area contributed by atoms with E-state index in [-0.39, 0.29) is 23.9 Å². The van der Waals surface area contributed by atoms with Gasteiger partial charge in [-0.05, 0) is 19.1 Å². The second-order valence-corrected chi connectivity index (χ2v) is 7.77. The van der Waals surface area contributed by atoms with Crippen LogP contribution in [0.2, 0.25) is 0 Å². The monoisotopic (exact) mass is 420 g/mol. The summed E-state index contributed by atoms with van der Waals surface area (Å²) in [5, 5.41) is 3.07. The van der Waals surface area contributed by atoms with E-state index in [1.54, 1.807) is 4.57 Å². The van der Waals surface area contributed by atoms with Gasteiger partial charge in [0.05, 0.1) is 21.6 Å². The van der Waals surface area contributed by atoms with Gasteiger partial charge in [-0.3, -0.25) is 18.7 Å². The van der Waals surface area contributed by atoms with E-state index in [4.69, 9.17) is 0 Å². The van der Waals surface area contributed by atoms with Crippen molar-refractivity contribution >= 4 is 39.2 Å². The molecule has 0 aliphatic carbocycles. The number of nitrogens with one attached hydrogen (secondary N) is 1. The molecular weight excluding hydrogens is 400 g/mol. The number of thiazole rings is 1. The number of benzene rings is 2. The summed E-state index contributed by atoms with van der Waals surface area (Å²) in [6.45, 7) is 3.75. The zero-order valence-corrected chi connectivity index (χ0v) is 17.4. The molecule has 0 bridgehead atoms. The van der Waals surface area contributed by atoms with Crippen LogP contribution in [0.1, 0.15) is 23.5 Å². The molecule has 0 saturated carbocycles. The lowest BCUT2D eigenvalue weighted by molar-refractivity contribution is -0.116. The number of carbonyl (C=O) groups excluding carboxylic acids is 2. The van der Waals surface area contributed by atoms with Crippen LogP contribution in [0.5, 0.6) is 0 Å². The van der Waals surface area contributed by atoms with Crippen molar-refractivity contribution in [1.29, 1.82) is 0 Å². The molecular formula is C22H20N4O3S. The van der Waals surface area contributed by atoms with Crippen molar-refractivity contribution in [3.63, 3.8) is 0 Å². The van der Waals surface area contributed by atoms with E-state index in [0.717, 1.165) is 22.4 Å². The third kappa shape index (κ3) is 3.57. The lowest BCUT2D eigenvalue weighted by Crippen LogP contribution is -2.29. The van der Waals surface area contributed by atoms with Crippen molar-refractivity contribution in [2.45, 2.75) is 26.9 Å². The van der Waals surface area contributed by atoms with Gasteiger partial charge in [-0.1, -0.05) is 53.8 Å². The van der Waals surface area contributed by atoms with E-state index in [2.05, 4.69) is 10.3 Å². The van der Waals surface area contributed by atoms with Crippen LogP contribution in [0.15, 0.2) is 59.4 Å². The van der Waals surface area contributed by atoms with Crippen LogP contribution >= 0.6 is 11.3 Å². The Morgan fingerprint density at radius 2 is 1.63 bits per heavy atom. The Morgan fingerprint density at radius 3 is 2.27 bits per heavy atom. The van der Waals surface area contributed by atoms with E-state index in [1.807, 2.05) is 61.5 Å². The van der Waals surface area contributed by atoms with Crippen LogP contribution in [0.4, 0.5) is 5.13 Å². The van der Waals surface area contributed by atoms with Crippen LogP contribution in [-0.2, 0) is 17.9 Å². The fraction of sp³-hybridized carbons (Fsp3) is 0.182. The Bertz CT molecular complexity index is 1300. The van der Waals surface area contributed by atoms with Gasteiger partial charge in [-0.15, -0.1) is 0 Å². The molecule has 2 aromatic heterocycles. The number of ketones is 1. The summed E-state index contributed by atoms with van der Waals surface area (Å²) in [5.41, 5.74) is 2.61. The third-order valence-electron chi connectivity index (χ3n) is 4.78. The predicted molar refractivity (Wildman–Crippen MR) is 118 cm³/mol. The number of para-hydroxylation sites is 2. The Hall–Kier alpha value is -3.52. The van der Waals surface area contributed by atoms with Crippen molar-refractivity contribution in [1.82, 2.24) is 14.1 Å². The first-order valence-electron chi connectivity index (χ1n) is 9.54. The van der Waals surface area contributed by atoms with Gasteiger partial charge < -0.3 is 5.32 Å². The minimum absolute atomic E-state index is 0.117. The van der Waals surface area contributed by atoms with Crippen molar-refractivity contribution in [3.05, 3.63) is 70.0 Å². The normalized spacial score (nSPS) is 11.0. The average Bonchev–Trinajstić information content (AvgIpc) is 3.28. The molecule has 0 radical (unpaired) electrons. The Balaban J connectivity index is 1.63. The molecule has 7 nitrogen and oxygen atoms in total. The van der Waals surface area contributed by atoms with Crippen molar-refractivity contribution in [2.24, 2.45) is 0 Å². The topological polar surface area (TPSA) is 86.0 Å². The van der Waals surface area contributed by atoms with E-state index >= 15 is 0 Å². The van der Waals surface area contributed by atoms with Gasteiger partial charge >= 0.3 is 5.69 Å². The quantitative estimate of drug-likeness (QED) is 0.481. The molecule has 0 unspecified atom stereocenters. The molecule has 0 aliphatic heterocycles. The number of aryl methyl sites for hydroxylation is 1. The highest BCUT2D eigenvalue weighted by atomic mass is 32.1. The number of Topliss-reactive ketones (excluding diaryl/α,β-unsaturated/α-hetero) is 1. The van der Waals surface area contributed by atoms with Crippen molar-refractivity contribution in [2.75, 3.05) is 5.32 Å². The first-order chi connectivity index (χ1) is 14.5.